The zero-order valence-electron chi connectivity index (χ0n) is 11.7. The standard InChI is InChI=1S/C14H22BrN3O/c1-3-16-14-12(15)11(9-19-2)17-13(18-14)10-7-5-4-6-8-10/h10H,3-9H2,1-2H3,(H,16,17,18). The molecule has 1 aromatic rings. The largest absolute Gasteiger partial charge is 0.378 e. The van der Waals surface area contributed by atoms with Crippen molar-refractivity contribution >= 4 is 21.7 Å². The van der Waals surface area contributed by atoms with Crippen LogP contribution in [-0.2, 0) is 11.3 Å². The van der Waals surface area contributed by atoms with Gasteiger partial charge in [0.15, 0.2) is 0 Å². The molecular formula is C14H22BrN3O. The molecule has 0 spiro atoms. The van der Waals surface area contributed by atoms with Crippen LogP contribution < -0.4 is 5.32 Å². The van der Waals surface area contributed by atoms with Gasteiger partial charge in [0.1, 0.15) is 11.6 Å². The van der Waals surface area contributed by atoms with Crippen LogP contribution in [0.3, 0.4) is 0 Å². The normalized spacial score (nSPS) is 16.6. The van der Waals surface area contributed by atoms with Gasteiger partial charge in [0.25, 0.3) is 0 Å². The van der Waals surface area contributed by atoms with Crippen molar-refractivity contribution in [1.82, 2.24) is 9.97 Å². The van der Waals surface area contributed by atoms with Gasteiger partial charge in [-0.25, -0.2) is 9.97 Å². The highest BCUT2D eigenvalue weighted by Crippen LogP contribution is 2.33. The molecular weight excluding hydrogens is 306 g/mol. The Labute approximate surface area is 123 Å². The summed E-state index contributed by atoms with van der Waals surface area (Å²) in [7, 11) is 1.70. The number of hydrogen-bond acceptors (Lipinski definition) is 4. The van der Waals surface area contributed by atoms with E-state index in [0.717, 1.165) is 28.4 Å². The molecule has 0 bridgehead atoms. The van der Waals surface area contributed by atoms with E-state index in [2.05, 4.69) is 28.2 Å². The van der Waals surface area contributed by atoms with Gasteiger partial charge in [-0.3, -0.25) is 0 Å². The minimum atomic E-state index is 0.509. The summed E-state index contributed by atoms with van der Waals surface area (Å²) < 4.78 is 6.16. The number of nitrogens with one attached hydrogen (secondary N) is 1. The van der Waals surface area contributed by atoms with Crippen molar-refractivity contribution in [1.29, 1.82) is 0 Å². The minimum absolute atomic E-state index is 0.509. The summed E-state index contributed by atoms with van der Waals surface area (Å²) in [4.78, 5) is 9.41. The Hall–Kier alpha value is -0.680. The summed E-state index contributed by atoms with van der Waals surface area (Å²) in [5.41, 5.74) is 0.939. The van der Waals surface area contributed by atoms with Crippen molar-refractivity contribution in [3.8, 4) is 0 Å². The second-order valence-electron chi connectivity index (χ2n) is 4.99. The smallest absolute Gasteiger partial charge is 0.144 e. The molecule has 2 rings (SSSR count). The van der Waals surface area contributed by atoms with Gasteiger partial charge in [0, 0.05) is 19.6 Å². The van der Waals surface area contributed by atoms with E-state index in [4.69, 9.17) is 14.7 Å². The van der Waals surface area contributed by atoms with Gasteiger partial charge in [0.05, 0.1) is 16.8 Å². The van der Waals surface area contributed by atoms with Gasteiger partial charge in [0.2, 0.25) is 0 Å². The number of halogens is 1. The van der Waals surface area contributed by atoms with E-state index in [9.17, 15) is 0 Å². The molecule has 0 amide bonds. The Morgan fingerprint density at radius 1 is 1.26 bits per heavy atom. The first kappa shape index (κ1) is 14.7. The van der Waals surface area contributed by atoms with Crippen LogP contribution in [-0.4, -0.2) is 23.6 Å². The maximum absolute atomic E-state index is 5.24. The molecule has 4 nitrogen and oxygen atoms in total. The lowest BCUT2D eigenvalue weighted by molar-refractivity contribution is 0.180. The van der Waals surface area contributed by atoms with Crippen LogP contribution >= 0.6 is 15.9 Å². The molecule has 1 aliphatic carbocycles. The molecule has 1 N–H and O–H groups in total. The van der Waals surface area contributed by atoms with Crippen molar-refractivity contribution in [3.05, 3.63) is 16.0 Å². The van der Waals surface area contributed by atoms with Gasteiger partial charge in [-0.1, -0.05) is 19.3 Å². The Kier molecular flexibility index (Phi) is 5.58. The molecule has 1 saturated carbocycles. The van der Waals surface area contributed by atoms with Gasteiger partial charge < -0.3 is 10.1 Å². The van der Waals surface area contributed by atoms with Crippen LogP contribution in [0.5, 0.6) is 0 Å². The molecule has 0 radical (unpaired) electrons. The quantitative estimate of drug-likeness (QED) is 0.891. The number of hydrogen-bond donors (Lipinski definition) is 1. The molecule has 5 heteroatoms. The Morgan fingerprint density at radius 3 is 2.63 bits per heavy atom. The molecule has 1 aromatic heterocycles. The van der Waals surface area contributed by atoms with E-state index >= 15 is 0 Å². The average molecular weight is 328 g/mol. The fraction of sp³-hybridized carbons (Fsp3) is 0.714. The average Bonchev–Trinajstić information content (AvgIpc) is 2.44. The van der Waals surface area contributed by atoms with Crippen LogP contribution in [0, 0.1) is 0 Å². The Bertz CT molecular complexity index is 392. The number of anilines is 1. The maximum Gasteiger partial charge on any atom is 0.144 e. The highest BCUT2D eigenvalue weighted by atomic mass is 79.9. The topological polar surface area (TPSA) is 47.0 Å². The number of ether oxygens (including phenoxy) is 1. The molecule has 106 valence electrons. The Balaban J connectivity index is 2.30. The highest BCUT2D eigenvalue weighted by molar-refractivity contribution is 9.10. The molecule has 0 aliphatic heterocycles. The van der Waals surface area contributed by atoms with E-state index in [0.29, 0.717) is 12.5 Å². The van der Waals surface area contributed by atoms with Gasteiger partial charge in [-0.15, -0.1) is 0 Å². The second-order valence-corrected chi connectivity index (χ2v) is 5.78. The third-order valence-electron chi connectivity index (χ3n) is 3.53. The SMILES string of the molecule is CCNc1nc(C2CCCCC2)nc(COC)c1Br. The lowest BCUT2D eigenvalue weighted by atomic mass is 9.88. The first-order valence-corrected chi connectivity index (χ1v) is 7.84. The zero-order chi connectivity index (χ0) is 13.7. The maximum atomic E-state index is 5.24. The third kappa shape index (κ3) is 3.66. The molecule has 1 heterocycles. The number of nitrogens with zero attached hydrogens (tertiary/aromatic N) is 2. The first-order chi connectivity index (χ1) is 9.26. The second kappa shape index (κ2) is 7.20. The summed E-state index contributed by atoms with van der Waals surface area (Å²) in [6.45, 7) is 3.44. The predicted molar refractivity (Wildman–Crippen MR) is 80.4 cm³/mol. The van der Waals surface area contributed by atoms with Crippen molar-refractivity contribution in [2.45, 2.75) is 51.6 Å². The van der Waals surface area contributed by atoms with Crippen LogP contribution in [0.2, 0.25) is 0 Å². The van der Waals surface area contributed by atoms with Gasteiger partial charge >= 0.3 is 0 Å². The fourth-order valence-corrected chi connectivity index (χ4v) is 3.00. The van der Waals surface area contributed by atoms with Crippen molar-refractivity contribution in [2.75, 3.05) is 19.0 Å². The van der Waals surface area contributed by atoms with Crippen molar-refractivity contribution < 1.29 is 4.74 Å². The predicted octanol–water partition coefficient (Wildman–Crippen LogP) is 3.87. The molecule has 19 heavy (non-hydrogen) atoms. The van der Waals surface area contributed by atoms with Gasteiger partial charge in [-0.2, -0.15) is 0 Å². The monoisotopic (exact) mass is 327 g/mol. The highest BCUT2D eigenvalue weighted by Gasteiger charge is 2.21. The fourth-order valence-electron chi connectivity index (χ4n) is 2.57. The van der Waals surface area contributed by atoms with E-state index in [1.807, 2.05) is 0 Å². The third-order valence-corrected chi connectivity index (χ3v) is 4.37. The van der Waals surface area contributed by atoms with Crippen molar-refractivity contribution in [2.24, 2.45) is 0 Å². The Morgan fingerprint density at radius 2 is 2.00 bits per heavy atom. The summed E-state index contributed by atoms with van der Waals surface area (Å²) in [5, 5.41) is 3.30. The van der Waals surface area contributed by atoms with Crippen LogP contribution in [0.4, 0.5) is 5.82 Å². The molecule has 0 atom stereocenters. The van der Waals surface area contributed by atoms with E-state index in [-0.39, 0.29) is 0 Å². The van der Waals surface area contributed by atoms with Crippen molar-refractivity contribution in [3.63, 3.8) is 0 Å². The molecule has 0 saturated heterocycles. The zero-order valence-corrected chi connectivity index (χ0v) is 13.3. The summed E-state index contributed by atoms with van der Waals surface area (Å²) in [6, 6.07) is 0. The van der Waals surface area contributed by atoms with Crippen LogP contribution in [0.15, 0.2) is 4.47 Å². The summed E-state index contributed by atoms with van der Waals surface area (Å²) in [6.07, 6.45) is 6.34. The summed E-state index contributed by atoms with van der Waals surface area (Å²) in [5.74, 6) is 2.38. The lowest BCUT2D eigenvalue weighted by Gasteiger charge is -2.22. The molecule has 1 aliphatic rings. The van der Waals surface area contributed by atoms with E-state index < -0.39 is 0 Å². The lowest BCUT2D eigenvalue weighted by Crippen LogP contribution is -2.13. The van der Waals surface area contributed by atoms with Gasteiger partial charge in [-0.05, 0) is 35.7 Å². The van der Waals surface area contributed by atoms with E-state index in [1.54, 1.807) is 7.11 Å². The number of methoxy groups -OCH3 is 1. The molecule has 0 unspecified atom stereocenters. The number of rotatable bonds is 5. The first-order valence-electron chi connectivity index (χ1n) is 7.05. The van der Waals surface area contributed by atoms with Crippen LogP contribution in [0.25, 0.3) is 0 Å². The number of aromatic nitrogens is 2. The molecule has 1 fully saturated rings. The minimum Gasteiger partial charge on any atom is -0.378 e. The molecule has 0 aromatic carbocycles. The summed E-state index contributed by atoms with van der Waals surface area (Å²) >= 11 is 3.57. The van der Waals surface area contributed by atoms with E-state index in [1.165, 1.54) is 32.1 Å². The van der Waals surface area contributed by atoms with Crippen LogP contribution in [0.1, 0.15) is 56.5 Å².